The van der Waals surface area contributed by atoms with Gasteiger partial charge in [-0.05, 0) is 12.1 Å². The van der Waals surface area contributed by atoms with Gasteiger partial charge in [-0.25, -0.2) is 0 Å². The minimum absolute atomic E-state index is 0.0316. The number of anilines is 1. The third kappa shape index (κ3) is 2.79. The van der Waals surface area contributed by atoms with Crippen LogP contribution in [0.5, 0.6) is 0 Å². The van der Waals surface area contributed by atoms with Crippen molar-refractivity contribution in [1.29, 1.82) is 0 Å². The number of nitrogens with two attached hydrogens (primary N) is 1. The molecule has 0 spiro atoms. The highest BCUT2D eigenvalue weighted by Gasteiger charge is 2.24. The van der Waals surface area contributed by atoms with E-state index in [9.17, 15) is 0 Å². The van der Waals surface area contributed by atoms with Gasteiger partial charge in [-0.2, -0.15) is 5.10 Å². The van der Waals surface area contributed by atoms with Crippen LogP contribution in [-0.2, 0) is 10.2 Å². The molecule has 0 radical (unpaired) electrons. The Balaban J connectivity index is 2.18. The van der Waals surface area contributed by atoms with Crippen molar-refractivity contribution < 1.29 is 4.74 Å². The van der Waals surface area contributed by atoms with Gasteiger partial charge in [0, 0.05) is 18.5 Å². The largest absolute Gasteiger partial charge is 0.377 e. The van der Waals surface area contributed by atoms with Gasteiger partial charge >= 0.3 is 0 Å². The second-order valence-electron chi connectivity index (χ2n) is 5.68. The van der Waals surface area contributed by atoms with Crippen molar-refractivity contribution in [2.24, 2.45) is 5.73 Å². The van der Waals surface area contributed by atoms with Crippen LogP contribution in [0.3, 0.4) is 0 Å². The maximum Gasteiger partial charge on any atom is 0.151 e. The number of rotatable bonds is 2. The Hall–Kier alpha value is -1.20. The van der Waals surface area contributed by atoms with Crippen LogP contribution < -0.4 is 10.6 Å². The first-order valence-corrected chi connectivity index (χ1v) is 6.41. The minimum atomic E-state index is 0.0316. The van der Waals surface area contributed by atoms with Gasteiger partial charge in [-0.1, -0.05) is 20.8 Å². The SMILES string of the molecule is CC(C)(C)c1ccc(N2CCOCC2CN)nn1. The van der Waals surface area contributed by atoms with Crippen LogP contribution in [0, 0.1) is 0 Å². The number of nitrogens with zero attached hydrogens (tertiary/aromatic N) is 3. The summed E-state index contributed by atoms with van der Waals surface area (Å²) >= 11 is 0. The molecule has 100 valence electrons. The summed E-state index contributed by atoms with van der Waals surface area (Å²) in [6.45, 7) is 9.18. The minimum Gasteiger partial charge on any atom is -0.377 e. The van der Waals surface area contributed by atoms with Gasteiger partial charge in [0.25, 0.3) is 0 Å². The van der Waals surface area contributed by atoms with E-state index in [0.717, 1.165) is 24.7 Å². The maximum atomic E-state index is 5.76. The highest BCUT2D eigenvalue weighted by molar-refractivity contribution is 5.40. The molecular weight excluding hydrogens is 228 g/mol. The summed E-state index contributed by atoms with van der Waals surface area (Å²) in [4.78, 5) is 2.18. The Morgan fingerprint density at radius 1 is 1.39 bits per heavy atom. The molecule has 5 nitrogen and oxygen atoms in total. The van der Waals surface area contributed by atoms with E-state index < -0.39 is 0 Å². The number of ether oxygens (including phenoxy) is 1. The molecule has 1 aliphatic heterocycles. The second kappa shape index (κ2) is 5.20. The van der Waals surface area contributed by atoms with Crippen molar-refractivity contribution in [1.82, 2.24) is 10.2 Å². The molecule has 1 fully saturated rings. The fourth-order valence-electron chi connectivity index (χ4n) is 2.03. The summed E-state index contributed by atoms with van der Waals surface area (Å²) < 4.78 is 5.43. The molecule has 1 saturated heterocycles. The lowest BCUT2D eigenvalue weighted by molar-refractivity contribution is 0.0957. The van der Waals surface area contributed by atoms with E-state index >= 15 is 0 Å². The van der Waals surface area contributed by atoms with E-state index in [1.165, 1.54) is 0 Å². The van der Waals surface area contributed by atoms with Crippen molar-refractivity contribution in [2.45, 2.75) is 32.2 Å². The normalized spacial score (nSPS) is 21.1. The van der Waals surface area contributed by atoms with Crippen molar-refractivity contribution in [3.05, 3.63) is 17.8 Å². The fraction of sp³-hybridized carbons (Fsp3) is 0.692. The molecule has 0 aromatic carbocycles. The van der Waals surface area contributed by atoms with Crippen LogP contribution in [0.1, 0.15) is 26.5 Å². The smallest absolute Gasteiger partial charge is 0.151 e. The fourth-order valence-corrected chi connectivity index (χ4v) is 2.03. The molecule has 18 heavy (non-hydrogen) atoms. The molecule has 0 saturated carbocycles. The molecule has 1 unspecified atom stereocenters. The van der Waals surface area contributed by atoms with Crippen LogP contribution >= 0.6 is 0 Å². The third-order valence-electron chi connectivity index (χ3n) is 3.21. The predicted octanol–water partition coefficient (Wildman–Crippen LogP) is 0.938. The molecule has 2 N–H and O–H groups in total. The standard InChI is InChI=1S/C13H22N4O/c1-13(2,3)11-4-5-12(16-15-11)17-6-7-18-9-10(17)8-14/h4-5,10H,6-9,14H2,1-3H3. The molecule has 0 aliphatic carbocycles. The first-order chi connectivity index (χ1) is 8.52. The molecule has 0 amide bonds. The van der Waals surface area contributed by atoms with E-state index in [-0.39, 0.29) is 11.5 Å². The summed E-state index contributed by atoms with van der Waals surface area (Å²) in [5.74, 6) is 0.891. The number of aromatic nitrogens is 2. The van der Waals surface area contributed by atoms with E-state index in [2.05, 4.69) is 35.9 Å². The van der Waals surface area contributed by atoms with E-state index in [1.54, 1.807) is 0 Å². The molecule has 1 aromatic rings. The molecule has 1 aliphatic rings. The highest BCUT2D eigenvalue weighted by Crippen LogP contribution is 2.22. The Bertz CT molecular complexity index is 385. The van der Waals surface area contributed by atoms with Crippen molar-refractivity contribution >= 4 is 5.82 Å². The van der Waals surface area contributed by atoms with Gasteiger partial charge in [0.2, 0.25) is 0 Å². The Morgan fingerprint density at radius 3 is 2.72 bits per heavy atom. The van der Waals surface area contributed by atoms with E-state index in [0.29, 0.717) is 13.2 Å². The van der Waals surface area contributed by atoms with Crippen LogP contribution in [-0.4, -0.2) is 42.5 Å². The number of hydrogen-bond acceptors (Lipinski definition) is 5. The molecule has 2 heterocycles. The highest BCUT2D eigenvalue weighted by atomic mass is 16.5. The predicted molar refractivity (Wildman–Crippen MR) is 71.7 cm³/mol. The van der Waals surface area contributed by atoms with Crippen molar-refractivity contribution in [3.8, 4) is 0 Å². The Kier molecular flexibility index (Phi) is 3.82. The summed E-state index contributed by atoms with van der Waals surface area (Å²) in [6, 6.07) is 4.28. The van der Waals surface area contributed by atoms with Crippen LogP contribution in [0.2, 0.25) is 0 Å². The first kappa shape index (κ1) is 13.2. The third-order valence-corrected chi connectivity index (χ3v) is 3.21. The summed E-state index contributed by atoms with van der Waals surface area (Å²) in [5.41, 5.74) is 6.80. The zero-order chi connectivity index (χ0) is 13.2. The van der Waals surface area contributed by atoms with Gasteiger partial charge in [0.05, 0.1) is 24.9 Å². The maximum absolute atomic E-state index is 5.76. The van der Waals surface area contributed by atoms with Gasteiger partial charge in [0.1, 0.15) is 0 Å². The lowest BCUT2D eigenvalue weighted by Gasteiger charge is -2.35. The zero-order valence-electron chi connectivity index (χ0n) is 11.4. The quantitative estimate of drug-likeness (QED) is 0.846. The number of morpholine rings is 1. The van der Waals surface area contributed by atoms with Gasteiger partial charge in [-0.15, -0.1) is 5.10 Å². The molecule has 1 atom stereocenters. The van der Waals surface area contributed by atoms with Crippen LogP contribution in [0.25, 0.3) is 0 Å². The molecular formula is C13H22N4O. The molecule has 1 aromatic heterocycles. The van der Waals surface area contributed by atoms with E-state index in [1.807, 2.05) is 12.1 Å². The average molecular weight is 250 g/mol. The van der Waals surface area contributed by atoms with Gasteiger partial charge < -0.3 is 15.4 Å². The monoisotopic (exact) mass is 250 g/mol. The Labute approximate surface area is 108 Å². The van der Waals surface area contributed by atoms with Crippen LogP contribution in [0.15, 0.2) is 12.1 Å². The molecule has 5 heteroatoms. The number of hydrogen-bond donors (Lipinski definition) is 1. The lowest BCUT2D eigenvalue weighted by atomic mass is 9.92. The second-order valence-corrected chi connectivity index (χ2v) is 5.68. The molecule has 0 bridgehead atoms. The summed E-state index contributed by atoms with van der Waals surface area (Å²) in [6.07, 6.45) is 0. The first-order valence-electron chi connectivity index (χ1n) is 6.41. The van der Waals surface area contributed by atoms with Gasteiger partial charge in [0.15, 0.2) is 5.82 Å². The lowest BCUT2D eigenvalue weighted by Crippen LogP contribution is -2.50. The topological polar surface area (TPSA) is 64.3 Å². The van der Waals surface area contributed by atoms with Crippen molar-refractivity contribution in [2.75, 3.05) is 31.2 Å². The molecule has 2 rings (SSSR count). The van der Waals surface area contributed by atoms with Crippen LogP contribution in [0.4, 0.5) is 5.82 Å². The summed E-state index contributed by atoms with van der Waals surface area (Å²) in [5, 5.41) is 8.65. The Morgan fingerprint density at radius 2 is 2.17 bits per heavy atom. The average Bonchev–Trinajstić information content (AvgIpc) is 2.38. The summed E-state index contributed by atoms with van der Waals surface area (Å²) in [7, 11) is 0. The zero-order valence-corrected chi connectivity index (χ0v) is 11.4. The van der Waals surface area contributed by atoms with E-state index in [4.69, 9.17) is 10.5 Å². The van der Waals surface area contributed by atoms with Crippen molar-refractivity contribution in [3.63, 3.8) is 0 Å². The van der Waals surface area contributed by atoms with Gasteiger partial charge in [-0.3, -0.25) is 0 Å².